The molecule has 1 saturated heterocycles. The lowest BCUT2D eigenvalue weighted by Gasteiger charge is -2.23. The monoisotopic (exact) mass is 248 g/mol. The van der Waals surface area contributed by atoms with E-state index in [1.807, 2.05) is 38.2 Å². The highest BCUT2D eigenvalue weighted by molar-refractivity contribution is 5.94. The van der Waals surface area contributed by atoms with Crippen molar-refractivity contribution in [3.63, 3.8) is 0 Å². The van der Waals surface area contributed by atoms with Gasteiger partial charge >= 0.3 is 0 Å². The molecule has 1 fully saturated rings. The molecule has 1 aromatic rings. The Kier molecular flexibility index (Phi) is 3.87. The van der Waals surface area contributed by atoms with E-state index >= 15 is 0 Å². The molecule has 0 bridgehead atoms. The topological polar surface area (TPSA) is 50.4 Å². The third-order valence-corrected chi connectivity index (χ3v) is 3.36. The normalized spacial score (nSPS) is 22.8. The number of carbonyl (C=O) groups excluding carboxylic acids is 1. The van der Waals surface area contributed by atoms with Crippen LogP contribution in [-0.4, -0.2) is 31.7 Å². The molecule has 4 heteroatoms. The van der Waals surface area contributed by atoms with Crippen molar-refractivity contribution < 1.29 is 9.53 Å². The molecule has 18 heavy (non-hydrogen) atoms. The van der Waals surface area contributed by atoms with Crippen molar-refractivity contribution >= 4 is 11.6 Å². The fraction of sp³-hybridized carbons (Fsp3) is 0.500. The molecule has 1 aromatic carbocycles. The Balaban J connectivity index is 1.90. The zero-order chi connectivity index (χ0) is 13.0. The summed E-state index contributed by atoms with van der Waals surface area (Å²) in [4.78, 5) is 12.0. The van der Waals surface area contributed by atoms with Crippen molar-refractivity contribution in [2.45, 2.75) is 25.4 Å². The SMILES string of the molecule is CNc1ccc(C(=O)NCC2(C)CCCO2)cc1. The number of hydrogen-bond donors (Lipinski definition) is 2. The number of carbonyl (C=O) groups is 1. The van der Waals surface area contributed by atoms with Crippen molar-refractivity contribution in [2.24, 2.45) is 0 Å². The van der Waals surface area contributed by atoms with Gasteiger partial charge in [-0.05, 0) is 44.0 Å². The minimum atomic E-state index is -0.194. The van der Waals surface area contributed by atoms with Crippen molar-refractivity contribution in [2.75, 3.05) is 25.5 Å². The first-order valence-corrected chi connectivity index (χ1v) is 6.33. The highest BCUT2D eigenvalue weighted by Gasteiger charge is 2.30. The second-order valence-electron chi connectivity index (χ2n) is 4.91. The molecule has 2 rings (SSSR count). The average Bonchev–Trinajstić information content (AvgIpc) is 2.83. The summed E-state index contributed by atoms with van der Waals surface area (Å²) < 4.78 is 5.64. The van der Waals surface area contributed by atoms with Crippen LogP contribution in [0, 0.1) is 0 Å². The number of rotatable bonds is 4. The Bertz CT molecular complexity index is 408. The summed E-state index contributed by atoms with van der Waals surface area (Å²) in [5, 5.41) is 5.96. The van der Waals surface area contributed by atoms with Gasteiger partial charge in [0.2, 0.25) is 0 Å². The van der Waals surface area contributed by atoms with E-state index in [4.69, 9.17) is 4.74 Å². The second kappa shape index (κ2) is 5.40. The zero-order valence-corrected chi connectivity index (χ0v) is 11.0. The maximum atomic E-state index is 12.0. The summed E-state index contributed by atoms with van der Waals surface area (Å²) in [5.41, 5.74) is 1.48. The minimum Gasteiger partial charge on any atom is -0.388 e. The highest BCUT2D eigenvalue weighted by Crippen LogP contribution is 2.24. The second-order valence-corrected chi connectivity index (χ2v) is 4.91. The average molecular weight is 248 g/mol. The van der Waals surface area contributed by atoms with E-state index in [1.54, 1.807) is 0 Å². The number of amides is 1. The molecule has 1 aliphatic heterocycles. The molecule has 1 atom stereocenters. The van der Waals surface area contributed by atoms with E-state index in [2.05, 4.69) is 10.6 Å². The molecular formula is C14H20N2O2. The van der Waals surface area contributed by atoms with Crippen molar-refractivity contribution in [1.29, 1.82) is 0 Å². The van der Waals surface area contributed by atoms with Crippen LogP contribution in [-0.2, 0) is 4.74 Å². The summed E-state index contributed by atoms with van der Waals surface area (Å²) in [5.74, 6) is -0.0469. The van der Waals surface area contributed by atoms with Gasteiger partial charge in [-0.2, -0.15) is 0 Å². The maximum Gasteiger partial charge on any atom is 0.251 e. The molecule has 0 aliphatic carbocycles. The molecule has 1 aliphatic rings. The molecule has 1 amide bonds. The van der Waals surface area contributed by atoms with Gasteiger partial charge < -0.3 is 15.4 Å². The van der Waals surface area contributed by atoms with Crippen LogP contribution < -0.4 is 10.6 Å². The van der Waals surface area contributed by atoms with Gasteiger partial charge in [0.25, 0.3) is 5.91 Å². The highest BCUT2D eigenvalue weighted by atomic mass is 16.5. The molecule has 0 saturated carbocycles. The quantitative estimate of drug-likeness (QED) is 0.857. The number of hydrogen-bond acceptors (Lipinski definition) is 3. The summed E-state index contributed by atoms with van der Waals surface area (Å²) >= 11 is 0. The van der Waals surface area contributed by atoms with Gasteiger partial charge in [0, 0.05) is 31.5 Å². The van der Waals surface area contributed by atoms with Crippen LogP contribution in [0.25, 0.3) is 0 Å². The number of anilines is 1. The Morgan fingerprint density at radius 3 is 2.67 bits per heavy atom. The van der Waals surface area contributed by atoms with E-state index < -0.39 is 0 Å². The molecular weight excluding hydrogens is 228 g/mol. The molecule has 4 nitrogen and oxygen atoms in total. The van der Waals surface area contributed by atoms with Crippen LogP contribution >= 0.6 is 0 Å². The third-order valence-electron chi connectivity index (χ3n) is 3.36. The molecule has 98 valence electrons. The molecule has 0 radical (unpaired) electrons. The molecule has 0 aromatic heterocycles. The lowest BCUT2D eigenvalue weighted by atomic mass is 10.0. The van der Waals surface area contributed by atoms with E-state index in [1.165, 1.54) is 0 Å². The first kappa shape index (κ1) is 12.9. The van der Waals surface area contributed by atoms with Gasteiger partial charge in [-0.25, -0.2) is 0 Å². The van der Waals surface area contributed by atoms with E-state index in [9.17, 15) is 4.79 Å². The van der Waals surface area contributed by atoms with Crippen LogP contribution in [0.3, 0.4) is 0 Å². The van der Waals surface area contributed by atoms with Crippen LogP contribution in [0.5, 0.6) is 0 Å². The molecule has 1 heterocycles. The van der Waals surface area contributed by atoms with Gasteiger partial charge in [0.15, 0.2) is 0 Å². The van der Waals surface area contributed by atoms with Gasteiger partial charge in [0.05, 0.1) is 5.60 Å². The Morgan fingerprint density at radius 2 is 2.11 bits per heavy atom. The van der Waals surface area contributed by atoms with Gasteiger partial charge in [-0.15, -0.1) is 0 Å². The van der Waals surface area contributed by atoms with Crippen molar-refractivity contribution in [3.8, 4) is 0 Å². The summed E-state index contributed by atoms with van der Waals surface area (Å²) in [6.45, 7) is 3.41. The molecule has 2 N–H and O–H groups in total. The molecule has 1 unspecified atom stereocenters. The number of nitrogens with one attached hydrogen (secondary N) is 2. The number of ether oxygens (including phenoxy) is 1. The lowest BCUT2D eigenvalue weighted by Crippen LogP contribution is -2.40. The fourth-order valence-corrected chi connectivity index (χ4v) is 2.13. The Morgan fingerprint density at radius 1 is 1.39 bits per heavy atom. The van der Waals surface area contributed by atoms with Gasteiger partial charge in [-0.1, -0.05) is 0 Å². The standard InChI is InChI=1S/C14H20N2O2/c1-14(8-3-9-18-14)10-16-13(17)11-4-6-12(15-2)7-5-11/h4-7,15H,3,8-10H2,1-2H3,(H,16,17). The van der Waals surface area contributed by atoms with Gasteiger partial charge in [0.1, 0.15) is 0 Å². The van der Waals surface area contributed by atoms with Crippen LogP contribution in [0.2, 0.25) is 0 Å². The molecule has 0 spiro atoms. The largest absolute Gasteiger partial charge is 0.388 e. The Hall–Kier alpha value is -1.55. The zero-order valence-electron chi connectivity index (χ0n) is 11.0. The lowest BCUT2D eigenvalue weighted by molar-refractivity contribution is 0.0206. The van der Waals surface area contributed by atoms with Crippen LogP contribution in [0.4, 0.5) is 5.69 Å². The maximum absolute atomic E-state index is 12.0. The van der Waals surface area contributed by atoms with E-state index in [0.29, 0.717) is 12.1 Å². The fourth-order valence-electron chi connectivity index (χ4n) is 2.13. The summed E-state index contributed by atoms with van der Waals surface area (Å²) in [7, 11) is 1.85. The van der Waals surface area contributed by atoms with Crippen molar-refractivity contribution in [1.82, 2.24) is 5.32 Å². The first-order chi connectivity index (χ1) is 8.63. The minimum absolute atomic E-state index is 0.0469. The van der Waals surface area contributed by atoms with E-state index in [0.717, 1.165) is 25.1 Å². The smallest absolute Gasteiger partial charge is 0.251 e. The number of benzene rings is 1. The first-order valence-electron chi connectivity index (χ1n) is 6.33. The predicted octanol–water partition coefficient (Wildman–Crippen LogP) is 2.03. The van der Waals surface area contributed by atoms with E-state index in [-0.39, 0.29) is 11.5 Å². The Labute approximate surface area is 108 Å². The van der Waals surface area contributed by atoms with Crippen molar-refractivity contribution in [3.05, 3.63) is 29.8 Å². The van der Waals surface area contributed by atoms with Gasteiger partial charge in [-0.3, -0.25) is 4.79 Å². The van der Waals surface area contributed by atoms with Crippen LogP contribution in [0.1, 0.15) is 30.1 Å². The third kappa shape index (κ3) is 3.01. The summed E-state index contributed by atoms with van der Waals surface area (Å²) in [6, 6.07) is 7.42. The predicted molar refractivity (Wildman–Crippen MR) is 71.9 cm³/mol. The van der Waals surface area contributed by atoms with Crippen LogP contribution in [0.15, 0.2) is 24.3 Å². The summed E-state index contributed by atoms with van der Waals surface area (Å²) in [6.07, 6.45) is 2.08.